The van der Waals surface area contributed by atoms with Gasteiger partial charge in [-0.15, -0.1) is 4.40 Å². The predicted octanol–water partition coefficient (Wildman–Crippen LogP) is 3.98. The van der Waals surface area contributed by atoms with Crippen molar-refractivity contribution in [2.75, 3.05) is 7.11 Å². The molecule has 0 aliphatic heterocycles. The third kappa shape index (κ3) is 6.08. The first-order valence-corrected chi connectivity index (χ1v) is 9.06. The zero-order valence-electron chi connectivity index (χ0n) is 15.0. The number of nitrogens with zero attached hydrogens (tertiary/aromatic N) is 1. The Morgan fingerprint density at radius 1 is 1.16 bits per heavy atom. The normalized spacial score (nSPS) is 13.0. The summed E-state index contributed by atoms with van der Waals surface area (Å²) in [5, 5.41) is 2.99. The molecule has 0 unspecified atom stereocenters. The van der Waals surface area contributed by atoms with E-state index in [4.69, 9.17) is 4.74 Å². The van der Waals surface area contributed by atoms with E-state index in [1.165, 1.54) is 19.2 Å². The Morgan fingerprint density at radius 3 is 2.20 bits per heavy atom. The second-order valence-corrected chi connectivity index (χ2v) is 6.99. The predicted molar refractivity (Wildman–Crippen MR) is 103 cm³/mol. The third-order valence-corrected chi connectivity index (χ3v) is 4.43. The molecule has 0 radical (unpaired) electrons. The minimum atomic E-state index is -3.89. The SMILES string of the molecule is C=C(C)C(=CC=CC)NC(=NS(=O)(=O)c1ccc(OC)cc1)C(=C)C. The van der Waals surface area contributed by atoms with Gasteiger partial charge in [0.05, 0.1) is 12.0 Å². The van der Waals surface area contributed by atoms with E-state index in [0.717, 1.165) is 5.57 Å². The minimum absolute atomic E-state index is 0.0724. The van der Waals surface area contributed by atoms with Crippen LogP contribution in [0, 0.1) is 0 Å². The van der Waals surface area contributed by atoms with Crippen molar-refractivity contribution in [3.8, 4) is 5.75 Å². The van der Waals surface area contributed by atoms with Gasteiger partial charge in [-0.2, -0.15) is 8.42 Å². The van der Waals surface area contributed by atoms with E-state index in [1.807, 2.05) is 26.0 Å². The molecule has 0 spiro atoms. The van der Waals surface area contributed by atoms with E-state index >= 15 is 0 Å². The molecule has 0 bridgehead atoms. The molecule has 6 heteroatoms. The summed E-state index contributed by atoms with van der Waals surface area (Å²) < 4.78 is 34.0. The fourth-order valence-electron chi connectivity index (χ4n) is 1.74. The van der Waals surface area contributed by atoms with Gasteiger partial charge in [-0.3, -0.25) is 0 Å². The fraction of sp³-hybridized carbons (Fsp3) is 0.211. The fourth-order valence-corrected chi connectivity index (χ4v) is 2.77. The van der Waals surface area contributed by atoms with Gasteiger partial charge >= 0.3 is 0 Å². The van der Waals surface area contributed by atoms with Gasteiger partial charge < -0.3 is 10.1 Å². The molecule has 0 aliphatic rings. The minimum Gasteiger partial charge on any atom is -0.497 e. The third-order valence-electron chi connectivity index (χ3n) is 3.14. The van der Waals surface area contributed by atoms with Crippen molar-refractivity contribution < 1.29 is 13.2 Å². The van der Waals surface area contributed by atoms with Crippen molar-refractivity contribution in [2.45, 2.75) is 25.7 Å². The summed E-state index contributed by atoms with van der Waals surface area (Å²) in [6, 6.07) is 6.04. The van der Waals surface area contributed by atoms with Crippen molar-refractivity contribution in [1.29, 1.82) is 0 Å². The topological polar surface area (TPSA) is 67.8 Å². The number of methoxy groups -OCH3 is 1. The lowest BCUT2D eigenvalue weighted by Gasteiger charge is -2.13. The van der Waals surface area contributed by atoms with Crippen LogP contribution in [0.2, 0.25) is 0 Å². The highest BCUT2D eigenvalue weighted by Crippen LogP contribution is 2.18. The Labute approximate surface area is 150 Å². The molecule has 1 N–H and O–H groups in total. The van der Waals surface area contributed by atoms with Crippen molar-refractivity contribution in [3.63, 3.8) is 0 Å². The van der Waals surface area contributed by atoms with E-state index in [2.05, 4.69) is 22.9 Å². The van der Waals surface area contributed by atoms with Gasteiger partial charge in [0.1, 0.15) is 11.6 Å². The Kier molecular flexibility index (Phi) is 7.39. The molecule has 1 aromatic carbocycles. The molecule has 5 nitrogen and oxygen atoms in total. The maximum absolute atomic E-state index is 12.5. The second-order valence-electron chi connectivity index (χ2n) is 5.38. The number of allylic oxidation sites excluding steroid dienone is 4. The quantitative estimate of drug-likeness (QED) is 0.454. The Morgan fingerprint density at radius 2 is 1.76 bits per heavy atom. The average molecular weight is 360 g/mol. The van der Waals surface area contributed by atoms with E-state index in [-0.39, 0.29) is 10.7 Å². The summed E-state index contributed by atoms with van der Waals surface area (Å²) in [4.78, 5) is 0.0724. The Bertz CT molecular complexity index is 830. The summed E-state index contributed by atoms with van der Waals surface area (Å²) in [7, 11) is -2.37. The number of hydrogen-bond acceptors (Lipinski definition) is 3. The summed E-state index contributed by atoms with van der Waals surface area (Å²) in [5.41, 5.74) is 1.89. The van der Waals surface area contributed by atoms with E-state index in [1.54, 1.807) is 25.1 Å². The van der Waals surface area contributed by atoms with Crippen molar-refractivity contribution in [1.82, 2.24) is 5.32 Å². The molecular formula is C19H24N2O3S. The van der Waals surface area contributed by atoms with Gasteiger partial charge in [-0.1, -0.05) is 25.3 Å². The lowest BCUT2D eigenvalue weighted by Crippen LogP contribution is -2.25. The summed E-state index contributed by atoms with van der Waals surface area (Å²) >= 11 is 0. The van der Waals surface area contributed by atoms with Crippen LogP contribution in [-0.2, 0) is 10.0 Å². The van der Waals surface area contributed by atoms with Crippen LogP contribution in [0.5, 0.6) is 5.75 Å². The highest BCUT2D eigenvalue weighted by Gasteiger charge is 2.16. The molecule has 0 amide bonds. The van der Waals surface area contributed by atoms with Crippen LogP contribution in [0.15, 0.2) is 81.8 Å². The maximum atomic E-state index is 12.5. The molecule has 0 aromatic heterocycles. The van der Waals surface area contributed by atoms with Crippen LogP contribution in [0.1, 0.15) is 20.8 Å². The second kappa shape index (κ2) is 9.03. The zero-order valence-corrected chi connectivity index (χ0v) is 15.9. The number of rotatable bonds is 7. The molecule has 0 atom stereocenters. The first-order chi connectivity index (χ1) is 11.7. The van der Waals surface area contributed by atoms with Crippen LogP contribution in [0.3, 0.4) is 0 Å². The molecule has 134 valence electrons. The summed E-state index contributed by atoms with van der Waals surface area (Å²) in [6.45, 7) is 13.1. The highest BCUT2D eigenvalue weighted by atomic mass is 32.2. The van der Waals surface area contributed by atoms with Gasteiger partial charge in [-0.25, -0.2) is 0 Å². The molecule has 1 aromatic rings. The first-order valence-electron chi connectivity index (χ1n) is 7.62. The first kappa shape index (κ1) is 20.4. The van der Waals surface area contributed by atoms with Gasteiger partial charge in [0.2, 0.25) is 0 Å². The maximum Gasteiger partial charge on any atom is 0.284 e. The lowest BCUT2D eigenvalue weighted by molar-refractivity contribution is 0.414. The molecular weight excluding hydrogens is 336 g/mol. The lowest BCUT2D eigenvalue weighted by atomic mass is 10.2. The van der Waals surface area contributed by atoms with Gasteiger partial charge in [0.25, 0.3) is 10.0 Å². The van der Waals surface area contributed by atoms with Crippen molar-refractivity contribution in [3.05, 3.63) is 72.5 Å². The van der Waals surface area contributed by atoms with E-state index in [9.17, 15) is 8.42 Å². The number of sulfonamides is 1. The molecule has 0 saturated heterocycles. The van der Waals surface area contributed by atoms with E-state index in [0.29, 0.717) is 17.0 Å². The number of amidine groups is 1. The van der Waals surface area contributed by atoms with E-state index < -0.39 is 10.0 Å². The largest absolute Gasteiger partial charge is 0.497 e. The standard InChI is InChI=1S/C19H24N2O3S/c1-7-8-9-18(14(2)3)20-19(15(4)5)21-25(22,23)17-12-10-16(24-6)11-13-17/h7-13H,2,4H2,1,3,5-6H3,(H,20,21). The van der Waals surface area contributed by atoms with Crippen LogP contribution in [0.25, 0.3) is 0 Å². The van der Waals surface area contributed by atoms with Gasteiger partial charge in [0.15, 0.2) is 0 Å². The molecule has 25 heavy (non-hydrogen) atoms. The molecule has 0 aliphatic carbocycles. The highest BCUT2D eigenvalue weighted by molar-refractivity contribution is 7.90. The molecule has 0 fully saturated rings. The van der Waals surface area contributed by atoms with Crippen LogP contribution < -0.4 is 10.1 Å². The molecule has 1 rings (SSSR count). The summed E-state index contributed by atoms with van der Waals surface area (Å²) in [6.07, 6.45) is 5.47. The number of ether oxygens (including phenoxy) is 1. The number of hydrogen-bond donors (Lipinski definition) is 1. The van der Waals surface area contributed by atoms with Crippen LogP contribution >= 0.6 is 0 Å². The van der Waals surface area contributed by atoms with Crippen LogP contribution in [-0.4, -0.2) is 21.4 Å². The van der Waals surface area contributed by atoms with Gasteiger partial charge in [-0.05, 0) is 62.3 Å². The molecule has 0 heterocycles. The van der Waals surface area contributed by atoms with Gasteiger partial charge in [0, 0.05) is 5.70 Å². The van der Waals surface area contributed by atoms with Crippen molar-refractivity contribution >= 4 is 15.9 Å². The zero-order chi connectivity index (χ0) is 19.0. The number of benzene rings is 1. The van der Waals surface area contributed by atoms with Crippen LogP contribution in [0.4, 0.5) is 0 Å². The smallest absolute Gasteiger partial charge is 0.284 e. The van der Waals surface area contributed by atoms with Crippen molar-refractivity contribution in [2.24, 2.45) is 4.40 Å². The Hall–Kier alpha value is -2.60. The number of nitrogens with one attached hydrogen (secondary N) is 1. The molecule has 0 saturated carbocycles. The average Bonchev–Trinajstić information content (AvgIpc) is 2.57. The summed E-state index contributed by atoms with van der Waals surface area (Å²) in [5.74, 6) is 0.731. The Balaban J connectivity index is 3.27. The monoisotopic (exact) mass is 360 g/mol.